The molecular formula is C20H24N4O4. The Bertz CT molecular complexity index is 986. The average molecular weight is 384 g/mol. The molecule has 1 saturated heterocycles. The molecule has 1 aromatic carbocycles. The topological polar surface area (TPSA) is 108 Å². The summed E-state index contributed by atoms with van der Waals surface area (Å²) in [5, 5.41) is 5.68. The molecule has 0 spiro atoms. The number of aromatic nitrogens is 2. The highest BCUT2D eigenvalue weighted by Gasteiger charge is 2.41. The van der Waals surface area contributed by atoms with E-state index in [4.69, 9.17) is 10.5 Å². The molecule has 8 heteroatoms. The standard InChI is InChI=1S/C20H24N4O4/c1-12-14-4-2-3-5-15(14)20(27)24(22-12)11-18(25)23-8-9-28-17-7-6-13(19(21)26)10-16(17)23/h2-5,13,16-17H,6-11H2,1H3,(H2,21,26)/t13-,16+,17+/m0/s1. The van der Waals surface area contributed by atoms with E-state index in [1.807, 2.05) is 19.1 Å². The molecule has 0 unspecified atom stereocenters. The quantitative estimate of drug-likeness (QED) is 0.833. The molecule has 2 N–H and O–H groups in total. The van der Waals surface area contributed by atoms with Gasteiger partial charge in [-0.2, -0.15) is 5.10 Å². The van der Waals surface area contributed by atoms with Gasteiger partial charge >= 0.3 is 0 Å². The number of ether oxygens (including phenoxy) is 1. The molecule has 8 nitrogen and oxygen atoms in total. The van der Waals surface area contributed by atoms with Crippen LogP contribution in [-0.4, -0.2) is 51.8 Å². The maximum atomic E-state index is 13.1. The molecule has 0 bridgehead atoms. The van der Waals surface area contributed by atoms with Gasteiger partial charge in [-0.1, -0.05) is 18.2 Å². The Hall–Kier alpha value is -2.74. The highest BCUT2D eigenvalue weighted by atomic mass is 16.5. The third-order valence-electron chi connectivity index (χ3n) is 5.88. The van der Waals surface area contributed by atoms with E-state index >= 15 is 0 Å². The normalized spacial score (nSPS) is 24.8. The Kier molecular flexibility index (Phi) is 4.89. The lowest BCUT2D eigenvalue weighted by molar-refractivity contribution is -0.154. The number of morpholine rings is 1. The van der Waals surface area contributed by atoms with Gasteiger partial charge in [0.05, 0.1) is 29.8 Å². The zero-order valence-electron chi connectivity index (χ0n) is 15.8. The smallest absolute Gasteiger partial charge is 0.275 e. The maximum absolute atomic E-state index is 13.1. The molecule has 2 aliphatic rings. The fourth-order valence-electron chi connectivity index (χ4n) is 4.41. The van der Waals surface area contributed by atoms with Crippen LogP contribution in [0.3, 0.4) is 0 Å². The largest absolute Gasteiger partial charge is 0.374 e. The van der Waals surface area contributed by atoms with E-state index in [0.29, 0.717) is 43.5 Å². The molecule has 2 amide bonds. The SMILES string of the molecule is Cc1nn(CC(=O)N2CCO[C@@H]3CC[C@H](C(N)=O)C[C@H]32)c(=O)c2ccccc12. The molecule has 2 aromatic rings. The Morgan fingerprint density at radius 1 is 1.25 bits per heavy atom. The third-order valence-corrected chi connectivity index (χ3v) is 5.88. The van der Waals surface area contributed by atoms with Crippen molar-refractivity contribution in [3.8, 4) is 0 Å². The van der Waals surface area contributed by atoms with Gasteiger partial charge in [0.25, 0.3) is 5.56 Å². The van der Waals surface area contributed by atoms with Crippen LogP contribution in [0.5, 0.6) is 0 Å². The van der Waals surface area contributed by atoms with E-state index in [2.05, 4.69) is 5.10 Å². The van der Waals surface area contributed by atoms with Crippen molar-refractivity contribution in [2.45, 2.75) is 44.9 Å². The number of primary amides is 1. The van der Waals surface area contributed by atoms with Crippen LogP contribution < -0.4 is 11.3 Å². The van der Waals surface area contributed by atoms with E-state index in [1.54, 1.807) is 17.0 Å². The third kappa shape index (κ3) is 3.28. The second-order valence-electron chi connectivity index (χ2n) is 7.57. The fraction of sp³-hybridized carbons (Fsp3) is 0.500. The Labute approximate surface area is 162 Å². The molecule has 148 valence electrons. The highest BCUT2D eigenvalue weighted by Crippen LogP contribution is 2.32. The number of carbonyl (C=O) groups excluding carboxylic acids is 2. The van der Waals surface area contributed by atoms with Crippen LogP contribution in [0.4, 0.5) is 0 Å². The summed E-state index contributed by atoms with van der Waals surface area (Å²) in [6, 6.07) is 7.07. The summed E-state index contributed by atoms with van der Waals surface area (Å²) >= 11 is 0. The van der Waals surface area contributed by atoms with Crippen molar-refractivity contribution >= 4 is 22.6 Å². The van der Waals surface area contributed by atoms with Gasteiger partial charge in [-0.3, -0.25) is 14.4 Å². The average Bonchev–Trinajstić information content (AvgIpc) is 2.70. The second kappa shape index (κ2) is 7.35. The Morgan fingerprint density at radius 3 is 2.75 bits per heavy atom. The van der Waals surface area contributed by atoms with Crippen molar-refractivity contribution in [2.24, 2.45) is 11.7 Å². The van der Waals surface area contributed by atoms with E-state index < -0.39 is 0 Å². The Morgan fingerprint density at radius 2 is 2.00 bits per heavy atom. The van der Waals surface area contributed by atoms with Gasteiger partial charge in [-0.15, -0.1) is 0 Å². The van der Waals surface area contributed by atoms with Crippen molar-refractivity contribution in [3.05, 3.63) is 40.3 Å². The van der Waals surface area contributed by atoms with Gasteiger partial charge in [-0.05, 0) is 32.3 Å². The van der Waals surface area contributed by atoms with Crippen LogP contribution >= 0.6 is 0 Å². The Balaban J connectivity index is 1.59. The van der Waals surface area contributed by atoms with Crippen LogP contribution in [0.1, 0.15) is 25.0 Å². The first-order valence-electron chi connectivity index (χ1n) is 9.62. The summed E-state index contributed by atoms with van der Waals surface area (Å²) in [6.45, 7) is 2.58. The van der Waals surface area contributed by atoms with E-state index in [-0.39, 0.29) is 42.0 Å². The lowest BCUT2D eigenvalue weighted by Crippen LogP contribution is -2.57. The highest BCUT2D eigenvalue weighted by molar-refractivity contribution is 5.84. The summed E-state index contributed by atoms with van der Waals surface area (Å²) in [5.41, 5.74) is 5.91. The van der Waals surface area contributed by atoms with E-state index in [1.165, 1.54) is 4.68 Å². The van der Waals surface area contributed by atoms with Gasteiger partial charge in [0.15, 0.2) is 0 Å². The number of rotatable bonds is 3. The monoisotopic (exact) mass is 384 g/mol. The number of nitrogens with zero attached hydrogens (tertiary/aromatic N) is 3. The van der Waals surface area contributed by atoms with Crippen LogP contribution in [0, 0.1) is 12.8 Å². The molecular weight excluding hydrogens is 360 g/mol. The number of nitrogens with two attached hydrogens (primary N) is 1. The lowest BCUT2D eigenvalue weighted by atomic mass is 9.81. The summed E-state index contributed by atoms with van der Waals surface area (Å²) in [5.74, 6) is -0.769. The predicted octanol–water partition coefficient (Wildman–Crippen LogP) is 0.586. The summed E-state index contributed by atoms with van der Waals surface area (Å²) in [4.78, 5) is 39.2. The first kappa shape index (κ1) is 18.6. The predicted molar refractivity (Wildman–Crippen MR) is 103 cm³/mol. The number of hydrogen-bond acceptors (Lipinski definition) is 5. The van der Waals surface area contributed by atoms with Crippen molar-refractivity contribution < 1.29 is 14.3 Å². The lowest BCUT2D eigenvalue weighted by Gasteiger charge is -2.45. The van der Waals surface area contributed by atoms with Crippen LogP contribution in [0.2, 0.25) is 0 Å². The molecule has 4 rings (SSSR count). The molecule has 0 radical (unpaired) electrons. The minimum absolute atomic E-state index is 0.0867. The first-order chi connectivity index (χ1) is 13.5. The molecule has 2 fully saturated rings. The number of hydrogen-bond donors (Lipinski definition) is 1. The van der Waals surface area contributed by atoms with Crippen molar-refractivity contribution in [2.75, 3.05) is 13.2 Å². The van der Waals surface area contributed by atoms with E-state index in [9.17, 15) is 14.4 Å². The molecule has 1 aliphatic carbocycles. The summed E-state index contributed by atoms with van der Waals surface area (Å²) in [6.07, 6.45) is 1.81. The van der Waals surface area contributed by atoms with Gasteiger partial charge in [0.2, 0.25) is 11.8 Å². The van der Waals surface area contributed by atoms with Crippen molar-refractivity contribution in [1.82, 2.24) is 14.7 Å². The minimum Gasteiger partial charge on any atom is -0.374 e. The number of carbonyl (C=O) groups is 2. The van der Waals surface area contributed by atoms with Crippen LogP contribution in [-0.2, 0) is 20.9 Å². The fourth-order valence-corrected chi connectivity index (χ4v) is 4.41. The molecule has 1 aromatic heterocycles. The maximum Gasteiger partial charge on any atom is 0.275 e. The van der Waals surface area contributed by atoms with Crippen LogP contribution in [0.15, 0.2) is 29.1 Å². The minimum atomic E-state index is -0.334. The second-order valence-corrected chi connectivity index (χ2v) is 7.57. The molecule has 1 saturated carbocycles. The van der Waals surface area contributed by atoms with Gasteiger partial charge in [0, 0.05) is 17.8 Å². The van der Waals surface area contributed by atoms with Crippen LogP contribution in [0.25, 0.3) is 10.8 Å². The zero-order chi connectivity index (χ0) is 19.8. The number of amides is 2. The number of fused-ring (bicyclic) bond motifs is 2. The van der Waals surface area contributed by atoms with Gasteiger partial charge in [0.1, 0.15) is 6.54 Å². The molecule has 2 heterocycles. The summed E-state index contributed by atoms with van der Waals surface area (Å²) in [7, 11) is 0. The molecule has 1 aliphatic heterocycles. The molecule has 28 heavy (non-hydrogen) atoms. The zero-order valence-corrected chi connectivity index (χ0v) is 15.8. The van der Waals surface area contributed by atoms with E-state index in [0.717, 1.165) is 5.39 Å². The van der Waals surface area contributed by atoms with Gasteiger partial charge in [-0.25, -0.2) is 4.68 Å². The van der Waals surface area contributed by atoms with Crippen molar-refractivity contribution in [3.63, 3.8) is 0 Å². The van der Waals surface area contributed by atoms with Gasteiger partial charge < -0.3 is 15.4 Å². The van der Waals surface area contributed by atoms with Crippen molar-refractivity contribution in [1.29, 1.82) is 0 Å². The molecule has 3 atom stereocenters. The first-order valence-corrected chi connectivity index (χ1v) is 9.62. The summed E-state index contributed by atoms with van der Waals surface area (Å²) < 4.78 is 7.05. The number of benzene rings is 1. The number of aryl methyl sites for hydroxylation is 1.